The number of hydrogen-bond donors (Lipinski definition) is 1. The summed E-state index contributed by atoms with van der Waals surface area (Å²) in [5.74, 6) is 0.565. The summed E-state index contributed by atoms with van der Waals surface area (Å²) >= 11 is 0. The molecule has 0 saturated carbocycles. The fourth-order valence-electron chi connectivity index (χ4n) is 4.21. The Morgan fingerprint density at radius 3 is 2.81 bits per heavy atom. The Labute approximate surface area is 187 Å². The molecule has 0 radical (unpaired) electrons. The smallest absolute Gasteiger partial charge is 0.267 e. The zero-order valence-electron chi connectivity index (χ0n) is 18.4. The largest absolute Gasteiger partial charge is 0.479 e. The highest BCUT2D eigenvalue weighted by atomic mass is 16.5. The second kappa shape index (κ2) is 9.38. The predicted molar refractivity (Wildman–Crippen MR) is 120 cm³/mol. The monoisotopic (exact) mass is 436 g/mol. The average Bonchev–Trinajstić information content (AvgIpc) is 2.79. The predicted octanol–water partition coefficient (Wildman–Crippen LogP) is 2.77. The third-order valence-corrected chi connectivity index (χ3v) is 5.91. The molecular formula is C24H28N4O4. The van der Waals surface area contributed by atoms with Gasteiger partial charge in [-0.15, -0.1) is 0 Å². The van der Waals surface area contributed by atoms with Crippen LogP contribution in [-0.2, 0) is 14.4 Å². The Hall–Kier alpha value is -3.42. The minimum Gasteiger partial charge on any atom is -0.479 e. The Morgan fingerprint density at radius 1 is 1.19 bits per heavy atom. The van der Waals surface area contributed by atoms with Crippen molar-refractivity contribution in [2.24, 2.45) is 5.92 Å². The van der Waals surface area contributed by atoms with Crippen LogP contribution in [0.1, 0.15) is 31.9 Å². The van der Waals surface area contributed by atoms with Crippen LogP contribution in [0.3, 0.4) is 0 Å². The fraction of sp³-hybridized carbons (Fsp3) is 0.417. The molecule has 2 unspecified atom stereocenters. The van der Waals surface area contributed by atoms with Gasteiger partial charge in [-0.3, -0.25) is 14.4 Å². The van der Waals surface area contributed by atoms with Gasteiger partial charge in [0.25, 0.3) is 5.91 Å². The van der Waals surface area contributed by atoms with Crippen molar-refractivity contribution in [1.82, 2.24) is 9.88 Å². The molecule has 168 valence electrons. The zero-order valence-corrected chi connectivity index (χ0v) is 18.4. The third-order valence-electron chi connectivity index (χ3n) is 5.91. The van der Waals surface area contributed by atoms with Crippen molar-refractivity contribution in [3.05, 3.63) is 48.2 Å². The number of rotatable bonds is 5. The molecule has 4 rings (SSSR count). The number of aromatic nitrogens is 1. The van der Waals surface area contributed by atoms with E-state index in [-0.39, 0.29) is 36.6 Å². The summed E-state index contributed by atoms with van der Waals surface area (Å²) in [4.78, 5) is 45.9. The van der Waals surface area contributed by atoms with Gasteiger partial charge in [0, 0.05) is 31.7 Å². The van der Waals surface area contributed by atoms with Gasteiger partial charge in [-0.05, 0) is 51.0 Å². The molecule has 3 amide bonds. The van der Waals surface area contributed by atoms with Crippen molar-refractivity contribution in [1.29, 1.82) is 0 Å². The summed E-state index contributed by atoms with van der Waals surface area (Å²) in [6.07, 6.45) is 1.11. The van der Waals surface area contributed by atoms with E-state index >= 15 is 0 Å². The zero-order chi connectivity index (χ0) is 22.7. The van der Waals surface area contributed by atoms with Gasteiger partial charge >= 0.3 is 0 Å². The lowest BCUT2D eigenvalue weighted by atomic mass is 9.97. The number of fused-ring (bicyclic) bond motifs is 1. The Bertz CT molecular complexity index is 1020. The van der Waals surface area contributed by atoms with E-state index in [9.17, 15) is 14.4 Å². The highest BCUT2D eigenvalue weighted by Gasteiger charge is 2.33. The number of nitrogens with one attached hydrogen (secondary N) is 1. The van der Waals surface area contributed by atoms with Crippen molar-refractivity contribution in [2.75, 3.05) is 29.9 Å². The highest BCUT2D eigenvalue weighted by molar-refractivity contribution is 6.00. The van der Waals surface area contributed by atoms with Gasteiger partial charge in [-0.25, -0.2) is 4.98 Å². The Morgan fingerprint density at radius 2 is 2.00 bits per heavy atom. The van der Waals surface area contributed by atoms with Crippen LogP contribution < -0.4 is 15.0 Å². The SMILES string of the molecule is Cc1cccc(NC(=O)C2CCCN(C(=O)CCN3C(=O)C(C)Oc4ccccc43)C2)n1. The number of aryl methyl sites for hydroxylation is 1. The third kappa shape index (κ3) is 4.74. The van der Waals surface area contributed by atoms with E-state index in [0.717, 1.165) is 18.5 Å². The van der Waals surface area contributed by atoms with E-state index in [1.54, 1.807) is 22.8 Å². The van der Waals surface area contributed by atoms with E-state index in [1.165, 1.54) is 0 Å². The van der Waals surface area contributed by atoms with Gasteiger partial charge in [0.05, 0.1) is 11.6 Å². The standard InChI is InChI=1S/C24H28N4O4/c1-16-7-5-11-21(25-16)26-23(30)18-8-6-13-27(15-18)22(29)12-14-28-19-9-3-4-10-20(19)32-17(2)24(28)31/h3-5,7,9-11,17-18H,6,8,12-15H2,1-2H3,(H,25,26,30). The maximum absolute atomic E-state index is 12.9. The summed E-state index contributed by atoms with van der Waals surface area (Å²) in [5, 5.41) is 2.86. The molecular weight excluding hydrogens is 408 g/mol. The van der Waals surface area contributed by atoms with Crippen LogP contribution in [0, 0.1) is 12.8 Å². The lowest BCUT2D eigenvalue weighted by Crippen LogP contribution is -2.47. The molecule has 8 nitrogen and oxygen atoms in total. The minimum absolute atomic E-state index is 0.0550. The molecule has 0 aliphatic carbocycles. The first-order valence-corrected chi connectivity index (χ1v) is 11.0. The van der Waals surface area contributed by atoms with Crippen LogP contribution in [0.25, 0.3) is 0 Å². The van der Waals surface area contributed by atoms with Gasteiger partial charge in [-0.1, -0.05) is 18.2 Å². The molecule has 0 bridgehead atoms. The molecule has 1 N–H and O–H groups in total. The maximum atomic E-state index is 12.9. The maximum Gasteiger partial charge on any atom is 0.267 e. The van der Waals surface area contributed by atoms with Gasteiger partial charge in [0.2, 0.25) is 11.8 Å². The number of amides is 3. The van der Waals surface area contributed by atoms with E-state index in [4.69, 9.17) is 4.74 Å². The molecule has 2 aromatic rings. The van der Waals surface area contributed by atoms with Crippen LogP contribution in [0.4, 0.5) is 11.5 Å². The summed E-state index contributed by atoms with van der Waals surface area (Å²) in [6.45, 7) is 4.86. The summed E-state index contributed by atoms with van der Waals surface area (Å²) in [6, 6.07) is 12.8. The van der Waals surface area contributed by atoms with Crippen molar-refractivity contribution in [3.8, 4) is 5.75 Å². The summed E-state index contributed by atoms with van der Waals surface area (Å²) in [7, 11) is 0. The van der Waals surface area contributed by atoms with Crippen molar-refractivity contribution < 1.29 is 19.1 Å². The number of hydrogen-bond acceptors (Lipinski definition) is 5. The number of nitrogens with zero attached hydrogens (tertiary/aromatic N) is 3. The normalized spacial score (nSPS) is 20.4. The first-order valence-electron chi connectivity index (χ1n) is 11.0. The first-order chi connectivity index (χ1) is 15.4. The molecule has 2 atom stereocenters. The lowest BCUT2D eigenvalue weighted by molar-refractivity contribution is -0.134. The van der Waals surface area contributed by atoms with E-state index in [2.05, 4.69) is 10.3 Å². The highest BCUT2D eigenvalue weighted by Crippen LogP contribution is 2.33. The van der Waals surface area contributed by atoms with Crippen LogP contribution >= 0.6 is 0 Å². The van der Waals surface area contributed by atoms with Crippen LogP contribution in [0.5, 0.6) is 5.75 Å². The van der Waals surface area contributed by atoms with E-state index in [1.807, 2.05) is 43.3 Å². The number of carbonyl (C=O) groups excluding carboxylic acids is 3. The number of anilines is 2. The topological polar surface area (TPSA) is 91.8 Å². The second-order valence-corrected chi connectivity index (χ2v) is 8.30. The quantitative estimate of drug-likeness (QED) is 0.778. The first kappa shape index (κ1) is 21.8. The number of ether oxygens (including phenoxy) is 1. The summed E-state index contributed by atoms with van der Waals surface area (Å²) < 4.78 is 5.66. The van der Waals surface area contributed by atoms with Crippen molar-refractivity contribution in [2.45, 2.75) is 39.2 Å². The summed E-state index contributed by atoms with van der Waals surface area (Å²) in [5.41, 5.74) is 1.52. The van der Waals surface area contributed by atoms with Crippen molar-refractivity contribution >= 4 is 29.2 Å². The fourth-order valence-corrected chi connectivity index (χ4v) is 4.21. The van der Waals surface area contributed by atoms with Gasteiger partial charge in [0.15, 0.2) is 6.10 Å². The molecule has 1 aromatic carbocycles. The molecule has 1 fully saturated rings. The van der Waals surface area contributed by atoms with Gasteiger partial charge in [-0.2, -0.15) is 0 Å². The van der Waals surface area contributed by atoms with Crippen LogP contribution in [0.15, 0.2) is 42.5 Å². The van der Waals surface area contributed by atoms with E-state index < -0.39 is 6.10 Å². The number of likely N-dealkylation sites (tertiary alicyclic amines) is 1. The average molecular weight is 437 g/mol. The molecule has 2 aliphatic rings. The van der Waals surface area contributed by atoms with Gasteiger partial charge < -0.3 is 19.9 Å². The van der Waals surface area contributed by atoms with E-state index in [0.29, 0.717) is 30.3 Å². The molecule has 0 spiro atoms. The van der Waals surface area contributed by atoms with Crippen molar-refractivity contribution in [3.63, 3.8) is 0 Å². The van der Waals surface area contributed by atoms with Crippen LogP contribution in [0.2, 0.25) is 0 Å². The molecule has 2 aliphatic heterocycles. The molecule has 1 saturated heterocycles. The number of piperidine rings is 1. The lowest BCUT2D eigenvalue weighted by Gasteiger charge is -2.35. The Kier molecular flexibility index (Phi) is 6.39. The minimum atomic E-state index is -0.585. The number of carbonyl (C=O) groups is 3. The molecule has 1 aromatic heterocycles. The number of benzene rings is 1. The van der Waals surface area contributed by atoms with Gasteiger partial charge in [0.1, 0.15) is 11.6 Å². The molecule has 32 heavy (non-hydrogen) atoms. The van der Waals surface area contributed by atoms with Crippen LogP contribution in [-0.4, -0.2) is 53.3 Å². The number of pyridine rings is 1. The molecule has 3 heterocycles. The Balaban J connectivity index is 1.35. The second-order valence-electron chi connectivity index (χ2n) is 8.30. The number of para-hydroxylation sites is 2. The molecule has 8 heteroatoms.